The molecule has 114 valence electrons. The molecule has 8 heteroatoms. The minimum Gasteiger partial charge on any atom is -0.469 e. The van der Waals surface area contributed by atoms with E-state index in [4.69, 9.17) is 11.6 Å². The van der Waals surface area contributed by atoms with E-state index in [-0.39, 0.29) is 22.8 Å². The number of methoxy groups -OCH3 is 1. The number of benzene rings is 1. The minimum atomic E-state index is -0.625. The molecular weight excluding hydrogens is 300 g/mol. The van der Waals surface area contributed by atoms with Gasteiger partial charge in [0.1, 0.15) is 0 Å². The molecule has 1 atom stereocenters. The molecule has 0 aliphatic carbocycles. The highest BCUT2D eigenvalue weighted by molar-refractivity contribution is 6.31. The summed E-state index contributed by atoms with van der Waals surface area (Å²) in [6.45, 7) is 1.75. The maximum atomic E-state index is 12.2. The van der Waals surface area contributed by atoms with Crippen molar-refractivity contribution in [2.75, 3.05) is 20.7 Å². The van der Waals surface area contributed by atoms with Crippen molar-refractivity contribution >= 4 is 29.2 Å². The fraction of sp³-hybridized carbons (Fsp3) is 0.385. The third kappa shape index (κ3) is 4.42. The van der Waals surface area contributed by atoms with Crippen LogP contribution >= 0.6 is 11.6 Å². The predicted molar refractivity (Wildman–Crippen MR) is 76.2 cm³/mol. The Kier molecular flexibility index (Phi) is 5.66. The zero-order valence-corrected chi connectivity index (χ0v) is 12.6. The standard InChI is InChI=1S/C13H15ClN2O5/c1-8(13(18)21-3)7-15(2)12(17)9-4-10(14)6-11(5-9)16(19)20/h4-6,8H,7H2,1-3H3. The van der Waals surface area contributed by atoms with E-state index in [9.17, 15) is 19.7 Å². The van der Waals surface area contributed by atoms with Gasteiger partial charge in [0.05, 0.1) is 18.0 Å². The molecule has 0 fully saturated rings. The lowest BCUT2D eigenvalue weighted by molar-refractivity contribution is -0.384. The Balaban J connectivity index is 2.92. The number of carbonyl (C=O) groups excluding carboxylic acids is 2. The van der Waals surface area contributed by atoms with Crippen molar-refractivity contribution in [1.29, 1.82) is 0 Å². The number of nitro groups is 1. The molecule has 1 aromatic rings. The maximum Gasteiger partial charge on any atom is 0.310 e. The lowest BCUT2D eigenvalue weighted by atomic mass is 10.1. The van der Waals surface area contributed by atoms with Gasteiger partial charge in [-0.05, 0) is 6.07 Å². The van der Waals surface area contributed by atoms with Crippen LogP contribution in [0.3, 0.4) is 0 Å². The van der Waals surface area contributed by atoms with Crippen LogP contribution in [0.25, 0.3) is 0 Å². The van der Waals surface area contributed by atoms with Gasteiger partial charge in [-0.25, -0.2) is 0 Å². The third-order valence-corrected chi connectivity index (χ3v) is 3.06. The van der Waals surface area contributed by atoms with Crippen molar-refractivity contribution < 1.29 is 19.2 Å². The van der Waals surface area contributed by atoms with Crippen molar-refractivity contribution in [3.63, 3.8) is 0 Å². The topological polar surface area (TPSA) is 89.8 Å². The first-order valence-electron chi connectivity index (χ1n) is 6.04. The molecule has 0 heterocycles. The first-order chi connectivity index (χ1) is 9.76. The van der Waals surface area contributed by atoms with Crippen molar-refractivity contribution in [2.45, 2.75) is 6.92 Å². The van der Waals surface area contributed by atoms with Gasteiger partial charge < -0.3 is 9.64 Å². The quantitative estimate of drug-likeness (QED) is 0.472. The smallest absolute Gasteiger partial charge is 0.310 e. The average Bonchev–Trinajstić information content (AvgIpc) is 2.44. The first kappa shape index (κ1) is 16.9. The molecule has 1 rings (SSSR count). The molecule has 0 radical (unpaired) electrons. The van der Waals surface area contributed by atoms with E-state index >= 15 is 0 Å². The fourth-order valence-corrected chi connectivity index (χ4v) is 2.02. The van der Waals surface area contributed by atoms with Crippen molar-refractivity contribution in [3.05, 3.63) is 38.9 Å². The summed E-state index contributed by atoms with van der Waals surface area (Å²) in [5.74, 6) is -1.40. The number of hydrogen-bond acceptors (Lipinski definition) is 5. The summed E-state index contributed by atoms with van der Waals surface area (Å²) in [6, 6.07) is 3.65. The van der Waals surface area contributed by atoms with Crippen molar-refractivity contribution in [2.24, 2.45) is 5.92 Å². The van der Waals surface area contributed by atoms with Crippen LogP contribution in [-0.4, -0.2) is 42.4 Å². The molecule has 0 saturated carbocycles. The Hall–Kier alpha value is -2.15. The van der Waals surface area contributed by atoms with Gasteiger partial charge in [0.25, 0.3) is 11.6 Å². The normalized spacial score (nSPS) is 11.6. The molecule has 1 unspecified atom stereocenters. The van der Waals surface area contributed by atoms with Gasteiger partial charge in [-0.1, -0.05) is 18.5 Å². The molecule has 0 bridgehead atoms. The summed E-state index contributed by atoms with van der Waals surface area (Å²) in [4.78, 5) is 35.0. The SMILES string of the molecule is COC(=O)C(C)CN(C)C(=O)c1cc(Cl)cc([N+](=O)[O-])c1. The molecule has 0 aliphatic heterocycles. The number of amides is 1. The molecule has 0 saturated heterocycles. The molecule has 1 amide bonds. The van der Waals surface area contributed by atoms with Gasteiger partial charge >= 0.3 is 5.97 Å². The highest BCUT2D eigenvalue weighted by Gasteiger charge is 2.21. The second-order valence-electron chi connectivity index (χ2n) is 4.57. The summed E-state index contributed by atoms with van der Waals surface area (Å²) in [5, 5.41) is 10.9. The molecular formula is C13H15ClN2O5. The van der Waals surface area contributed by atoms with Crippen LogP contribution in [0.15, 0.2) is 18.2 Å². The van der Waals surface area contributed by atoms with E-state index < -0.39 is 22.7 Å². The molecule has 0 aromatic heterocycles. The Morgan fingerprint density at radius 3 is 2.57 bits per heavy atom. The lowest BCUT2D eigenvalue weighted by Crippen LogP contribution is -2.34. The van der Waals surface area contributed by atoms with Crippen molar-refractivity contribution in [1.82, 2.24) is 4.90 Å². The third-order valence-electron chi connectivity index (χ3n) is 2.84. The summed E-state index contributed by atoms with van der Waals surface area (Å²) in [5.41, 5.74) is -0.172. The van der Waals surface area contributed by atoms with E-state index in [1.807, 2.05) is 0 Å². The van der Waals surface area contributed by atoms with Gasteiger partial charge in [-0.15, -0.1) is 0 Å². The second-order valence-corrected chi connectivity index (χ2v) is 5.00. The van der Waals surface area contributed by atoms with Crippen LogP contribution in [0, 0.1) is 16.0 Å². The Morgan fingerprint density at radius 2 is 2.05 bits per heavy atom. The monoisotopic (exact) mass is 314 g/mol. The largest absolute Gasteiger partial charge is 0.469 e. The zero-order chi connectivity index (χ0) is 16.2. The van der Waals surface area contributed by atoms with E-state index in [1.165, 1.54) is 25.1 Å². The van der Waals surface area contributed by atoms with Crippen molar-refractivity contribution in [3.8, 4) is 0 Å². The van der Waals surface area contributed by atoms with E-state index in [1.54, 1.807) is 6.92 Å². The molecule has 1 aromatic carbocycles. The highest BCUT2D eigenvalue weighted by Crippen LogP contribution is 2.22. The number of carbonyl (C=O) groups is 2. The maximum absolute atomic E-state index is 12.2. The number of halogens is 1. The van der Waals surface area contributed by atoms with E-state index in [0.29, 0.717) is 0 Å². The number of esters is 1. The zero-order valence-electron chi connectivity index (χ0n) is 11.8. The molecule has 0 aliphatic rings. The van der Waals surface area contributed by atoms with Gasteiger partial charge in [0.2, 0.25) is 0 Å². The first-order valence-corrected chi connectivity index (χ1v) is 6.42. The Morgan fingerprint density at radius 1 is 1.43 bits per heavy atom. The van der Waals surface area contributed by atoms with Gasteiger partial charge in [0.15, 0.2) is 0 Å². The summed E-state index contributed by atoms with van der Waals surface area (Å²) in [6.07, 6.45) is 0. The van der Waals surface area contributed by atoms with E-state index in [0.717, 1.165) is 12.1 Å². The minimum absolute atomic E-state index is 0.0914. The van der Waals surface area contributed by atoms with Gasteiger partial charge in [-0.2, -0.15) is 0 Å². The van der Waals surface area contributed by atoms with Gasteiger partial charge in [0, 0.05) is 36.3 Å². The molecule has 0 spiro atoms. The summed E-state index contributed by atoms with van der Waals surface area (Å²) < 4.78 is 4.58. The predicted octanol–water partition coefficient (Wildman–Crippen LogP) is 2.13. The number of ether oxygens (including phenoxy) is 1. The number of non-ortho nitro benzene ring substituents is 1. The molecule has 0 N–H and O–H groups in total. The van der Waals surface area contributed by atoms with Crippen LogP contribution in [0.5, 0.6) is 0 Å². The van der Waals surface area contributed by atoms with Crippen LogP contribution in [0.1, 0.15) is 17.3 Å². The summed E-state index contributed by atoms with van der Waals surface area (Å²) >= 11 is 5.77. The average molecular weight is 315 g/mol. The highest BCUT2D eigenvalue weighted by atomic mass is 35.5. The number of nitrogens with zero attached hydrogens (tertiary/aromatic N) is 2. The Bertz CT molecular complexity index is 576. The van der Waals surface area contributed by atoms with E-state index in [2.05, 4.69) is 4.74 Å². The van der Waals surface area contributed by atoms with Gasteiger partial charge in [-0.3, -0.25) is 19.7 Å². The second kappa shape index (κ2) is 7.03. The van der Waals surface area contributed by atoms with Crippen LogP contribution in [-0.2, 0) is 9.53 Å². The number of hydrogen-bond donors (Lipinski definition) is 0. The molecule has 7 nitrogen and oxygen atoms in total. The van der Waals surface area contributed by atoms with Crippen LogP contribution in [0.4, 0.5) is 5.69 Å². The lowest BCUT2D eigenvalue weighted by Gasteiger charge is -2.20. The van der Waals surface area contributed by atoms with Crippen LogP contribution < -0.4 is 0 Å². The van der Waals surface area contributed by atoms with Crippen LogP contribution in [0.2, 0.25) is 5.02 Å². The number of rotatable bonds is 5. The Labute approximate surface area is 126 Å². The number of nitro benzene ring substituents is 1. The fourth-order valence-electron chi connectivity index (χ4n) is 1.79. The molecule has 21 heavy (non-hydrogen) atoms. The summed E-state index contributed by atoms with van der Waals surface area (Å²) in [7, 11) is 2.76.